The molecule has 0 aliphatic rings. The Bertz CT molecular complexity index is 522. The normalized spacial score (nSPS) is 11.3. The fourth-order valence-corrected chi connectivity index (χ4v) is 2.49. The Morgan fingerprint density at radius 2 is 2.22 bits per heavy atom. The van der Waals surface area contributed by atoms with E-state index in [0.29, 0.717) is 0 Å². The lowest BCUT2D eigenvalue weighted by molar-refractivity contribution is 0.191. The van der Waals surface area contributed by atoms with E-state index in [-0.39, 0.29) is 0 Å². The summed E-state index contributed by atoms with van der Waals surface area (Å²) in [5.74, 6) is 0. The third kappa shape index (κ3) is 2.68. The van der Waals surface area contributed by atoms with E-state index in [0.717, 1.165) is 48.5 Å². The van der Waals surface area contributed by atoms with Crippen LogP contribution in [0, 0.1) is 0 Å². The standard InChI is InChI=1S/C14H19ClN2O/c1-3-11-10-17(8-4-5-9-18-2)14-13(11)12(15)6-7-16-14/h6-7,10H,3-5,8-9H2,1-2H3. The molecule has 0 radical (unpaired) electrons. The van der Waals surface area contributed by atoms with Gasteiger partial charge in [-0.15, -0.1) is 0 Å². The van der Waals surface area contributed by atoms with E-state index in [1.54, 1.807) is 13.3 Å². The van der Waals surface area contributed by atoms with Crippen LogP contribution in [-0.2, 0) is 17.7 Å². The zero-order valence-electron chi connectivity index (χ0n) is 10.9. The maximum Gasteiger partial charge on any atom is 0.141 e. The molecule has 0 bridgehead atoms. The van der Waals surface area contributed by atoms with E-state index in [1.807, 2.05) is 6.07 Å². The molecule has 0 fully saturated rings. The van der Waals surface area contributed by atoms with Crippen LogP contribution in [0.5, 0.6) is 0 Å². The summed E-state index contributed by atoms with van der Waals surface area (Å²) < 4.78 is 7.27. The summed E-state index contributed by atoms with van der Waals surface area (Å²) in [5, 5.41) is 1.90. The van der Waals surface area contributed by atoms with Crippen LogP contribution >= 0.6 is 11.6 Å². The molecule has 0 unspecified atom stereocenters. The molecule has 0 aliphatic heterocycles. The lowest BCUT2D eigenvalue weighted by Gasteiger charge is -2.04. The average molecular weight is 267 g/mol. The van der Waals surface area contributed by atoms with Crippen LogP contribution in [0.2, 0.25) is 5.02 Å². The van der Waals surface area contributed by atoms with Gasteiger partial charge in [-0.2, -0.15) is 0 Å². The first kappa shape index (κ1) is 13.4. The first-order valence-electron chi connectivity index (χ1n) is 6.39. The SMILES string of the molecule is CCc1cn(CCCCOC)c2nccc(Cl)c12. The molecule has 2 heterocycles. The highest BCUT2D eigenvalue weighted by Crippen LogP contribution is 2.27. The summed E-state index contributed by atoms with van der Waals surface area (Å²) in [7, 11) is 1.74. The van der Waals surface area contributed by atoms with Gasteiger partial charge in [-0.1, -0.05) is 18.5 Å². The molecule has 2 rings (SSSR count). The summed E-state index contributed by atoms with van der Waals surface area (Å²) in [6, 6.07) is 1.86. The van der Waals surface area contributed by atoms with Crippen molar-refractivity contribution in [3.8, 4) is 0 Å². The molecular formula is C14H19ClN2O. The molecule has 2 aromatic rings. The summed E-state index contributed by atoms with van der Waals surface area (Å²) in [6.45, 7) is 3.93. The molecule has 0 aromatic carbocycles. The number of halogens is 1. The molecule has 0 saturated heterocycles. The van der Waals surface area contributed by atoms with Crippen LogP contribution < -0.4 is 0 Å². The maximum atomic E-state index is 6.26. The number of rotatable bonds is 6. The summed E-state index contributed by atoms with van der Waals surface area (Å²) in [5.41, 5.74) is 2.27. The lowest BCUT2D eigenvalue weighted by atomic mass is 10.2. The molecule has 98 valence electrons. The number of methoxy groups -OCH3 is 1. The molecule has 0 atom stereocenters. The van der Waals surface area contributed by atoms with Crippen LogP contribution in [0.15, 0.2) is 18.5 Å². The maximum absolute atomic E-state index is 6.26. The third-order valence-corrected chi connectivity index (χ3v) is 3.48. The Labute approximate surface area is 113 Å². The molecule has 0 spiro atoms. The minimum Gasteiger partial charge on any atom is -0.385 e. The minimum absolute atomic E-state index is 0.799. The minimum atomic E-state index is 0.799. The van der Waals surface area contributed by atoms with Crippen molar-refractivity contribution in [2.45, 2.75) is 32.7 Å². The zero-order chi connectivity index (χ0) is 13.0. The lowest BCUT2D eigenvalue weighted by Crippen LogP contribution is -1.99. The molecule has 0 N–H and O–H groups in total. The Morgan fingerprint density at radius 3 is 2.94 bits per heavy atom. The summed E-state index contributed by atoms with van der Waals surface area (Å²) >= 11 is 6.26. The highest BCUT2D eigenvalue weighted by Gasteiger charge is 2.11. The number of aryl methyl sites for hydroxylation is 2. The molecule has 0 amide bonds. The first-order valence-corrected chi connectivity index (χ1v) is 6.77. The van der Waals surface area contributed by atoms with E-state index in [9.17, 15) is 0 Å². The van der Waals surface area contributed by atoms with Crippen molar-refractivity contribution in [3.05, 3.63) is 29.0 Å². The number of ether oxygens (including phenoxy) is 1. The number of hydrogen-bond donors (Lipinski definition) is 0. The fraction of sp³-hybridized carbons (Fsp3) is 0.500. The molecule has 4 heteroatoms. The Hall–Kier alpha value is -1.06. The third-order valence-electron chi connectivity index (χ3n) is 3.16. The van der Waals surface area contributed by atoms with Gasteiger partial charge >= 0.3 is 0 Å². The van der Waals surface area contributed by atoms with Crippen LogP contribution in [0.25, 0.3) is 11.0 Å². The van der Waals surface area contributed by atoms with Crippen LogP contribution in [0.3, 0.4) is 0 Å². The topological polar surface area (TPSA) is 27.1 Å². The smallest absolute Gasteiger partial charge is 0.141 e. The van der Waals surface area contributed by atoms with Gasteiger partial charge in [0.25, 0.3) is 0 Å². The molecular weight excluding hydrogens is 248 g/mol. The van der Waals surface area contributed by atoms with Crippen LogP contribution in [-0.4, -0.2) is 23.3 Å². The van der Waals surface area contributed by atoms with Crippen molar-refractivity contribution in [1.82, 2.24) is 9.55 Å². The molecule has 3 nitrogen and oxygen atoms in total. The number of fused-ring (bicyclic) bond motifs is 1. The van der Waals surface area contributed by atoms with Crippen LogP contribution in [0.1, 0.15) is 25.3 Å². The summed E-state index contributed by atoms with van der Waals surface area (Å²) in [6.07, 6.45) is 7.09. The van der Waals surface area contributed by atoms with Crippen molar-refractivity contribution >= 4 is 22.6 Å². The van der Waals surface area contributed by atoms with Gasteiger partial charge in [0, 0.05) is 38.0 Å². The number of unbranched alkanes of at least 4 members (excludes halogenated alkanes) is 1. The number of pyridine rings is 1. The van der Waals surface area contributed by atoms with Crippen molar-refractivity contribution in [2.24, 2.45) is 0 Å². The van der Waals surface area contributed by atoms with Crippen LogP contribution in [0.4, 0.5) is 0 Å². The van der Waals surface area contributed by atoms with Gasteiger partial charge in [0.2, 0.25) is 0 Å². The number of nitrogens with zero attached hydrogens (tertiary/aromatic N) is 2. The van der Waals surface area contributed by atoms with Gasteiger partial charge in [-0.25, -0.2) is 4.98 Å². The molecule has 0 saturated carbocycles. The summed E-state index contributed by atoms with van der Waals surface area (Å²) in [4.78, 5) is 4.46. The number of hydrogen-bond acceptors (Lipinski definition) is 2. The predicted octanol–water partition coefficient (Wildman–Crippen LogP) is 3.68. The average Bonchev–Trinajstić information content (AvgIpc) is 2.74. The quantitative estimate of drug-likeness (QED) is 0.746. The van der Waals surface area contributed by atoms with E-state index in [2.05, 4.69) is 22.7 Å². The Kier molecular flexibility index (Phi) is 4.61. The van der Waals surface area contributed by atoms with Gasteiger partial charge in [0.05, 0.1) is 5.02 Å². The van der Waals surface area contributed by atoms with Gasteiger partial charge in [-0.3, -0.25) is 0 Å². The second-order valence-electron chi connectivity index (χ2n) is 4.39. The van der Waals surface area contributed by atoms with Crippen molar-refractivity contribution in [3.63, 3.8) is 0 Å². The predicted molar refractivity (Wildman–Crippen MR) is 75.2 cm³/mol. The first-order chi connectivity index (χ1) is 8.77. The molecule has 0 aliphatic carbocycles. The van der Waals surface area contributed by atoms with E-state index in [1.165, 1.54) is 5.56 Å². The zero-order valence-corrected chi connectivity index (χ0v) is 11.7. The van der Waals surface area contributed by atoms with Gasteiger partial charge < -0.3 is 9.30 Å². The Balaban J connectivity index is 2.25. The largest absolute Gasteiger partial charge is 0.385 e. The monoisotopic (exact) mass is 266 g/mol. The van der Waals surface area contributed by atoms with E-state index < -0.39 is 0 Å². The number of aromatic nitrogens is 2. The van der Waals surface area contributed by atoms with Gasteiger partial charge in [0.15, 0.2) is 0 Å². The molecule has 2 aromatic heterocycles. The second-order valence-corrected chi connectivity index (χ2v) is 4.80. The van der Waals surface area contributed by atoms with E-state index in [4.69, 9.17) is 16.3 Å². The van der Waals surface area contributed by atoms with Gasteiger partial charge in [0.1, 0.15) is 5.65 Å². The fourth-order valence-electron chi connectivity index (χ4n) is 2.22. The van der Waals surface area contributed by atoms with Gasteiger partial charge in [-0.05, 0) is 30.9 Å². The second kappa shape index (κ2) is 6.21. The van der Waals surface area contributed by atoms with Crippen molar-refractivity contribution in [2.75, 3.05) is 13.7 Å². The highest BCUT2D eigenvalue weighted by atomic mass is 35.5. The van der Waals surface area contributed by atoms with Crippen molar-refractivity contribution in [1.29, 1.82) is 0 Å². The van der Waals surface area contributed by atoms with Crippen molar-refractivity contribution < 1.29 is 4.74 Å². The van der Waals surface area contributed by atoms with E-state index >= 15 is 0 Å². The Morgan fingerprint density at radius 1 is 1.39 bits per heavy atom. The molecule has 18 heavy (non-hydrogen) atoms. The highest BCUT2D eigenvalue weighted by molar-refractivity contribution is 6.35.